The molecular weight excluding hydrogens is 276 g/mol. The van der Waals surface area contributed by atoms with Crippen LogP contribution >= 0.6 is 46.4 Å². The van der Waals surface area contributed by atoms with E-state index in [-0.39, 0.29) is 10.3 Å². The molecule has 0 atom stereocenters. The fraction of sp³-hybridized carbons (Fsp3) is 0.500. The van der Waals surface area contributed by atoms with Crippen molar-refractivity contribution in [2.75, 3.05) is 0 Å². The van der Waals surface area contributed by atoms with Crippen LogP contribution in [0.15, 0.2) is 0 Å². The minimum Gasteiger partial charge on any atom is -0.221 e. The minimum absolute atomic E-state index is 0.220. The van der Waals surface area contributed by atoms with E-state index in [1.807, 2.05) is 0 Å². The normalized spacial score (nSPS) is 10.7. The van der Waals surface area contributed by atoms with Gasteiger partial charge in [0.2, 0.25) is 0 Å². The largest absolute Gasteiger partial charge is 0.221 e. The molecule has 0 aliphatic carbocycles. The third-order valence-electron chi connectivity index (χ3n) is 2.12. The van der Waals surface area contributed by atoms with E-state index in [0.29, 0.717) is 10.0 Å². The molecule has 1 nitrogen and oxygen atoms in total. The zero-order valence-corrected chi connectivity index (χ0v) is 11.3. The van der Waals surface area contributed by atoms with E-state index >= 15 is 0 Å². The lowest BCUT2D eigenvalue weighted by molar-refractivity contribution is 0.717. The Bertz CT molecular complexity index is 326. The van der Waals surface area contributed by atoms with Crippen molar-refractivity contribution in [2.45, 2.75) is 32.6 Å². The third kappa shape index (κ3) is 3.39. The maximum atomic E-state index is 6.01. The Morgan fingerprint density at radius 2 is 1.47 bits per heavy atom. The molecule has 0 saturated heterocycles. The second-order valence-corrected chi connectivity index (χ2v) is 4.73. The van der Waals surface area contributed by atoms with Crippen LogP contribution in [0.25, 0.3) is 0 Å². The first kappa shape index (κ1) is 13.4. The summed E-state index contributed by atoms with van der Waals surface area (Å²) in [7, 11) is 0. The fourth-order valence-electron chi connectivity index (χ4n) is 1.30. The number of unbranched alkanes of at least 4 members (excludes halogenated alkanes) is 2. The number of halogens is 4. The standard InChI is InChI=1S/C10H11Cl4N/c1-2-3-4-5-6-7(11)9(13)15-10(14)8(6)12/h2-5H2,1H3. The second kappa shape index (κ2) is 6.15. The summed E-state index contributed by atoms with van der Waals surface area (Å²) in [4.78, 5) is 3.83. The van der Waals surface area contributed by atoms with Crippen LogP contribution in [0.3, 0.4) is 0 Å². The van der Waals surface area contributed by atoms with Gasteiger partial charge in [0.25, 0.3) is 0 Å². The lowest BCUT2D eigenvalue weighted by atomic mass is 10.1. The van der Waals surface area contributed by atoms with Gasteiger partial charge < -0.3 is 0 Å². The molecule has 0 aliphatic rings. The van der Waals surface area contributed by atoms with Gasteiger partial charge in [0.15, 0.2) is 0 Å². The van der Waals surface area contributed by atoms with Crippen molar-refractivity contribution >= 4 is 46.4 Å². The summed E-state index contributed by atoms with van der Waals surface area (Å²) < 4.78 is 0. The number of nitrogens with zero attached hydrogens (tertiary/aromatic N) is 1. The number of aromatic nitrogens is 1. The summed E-state index contributed by atoms with van der Waals surface area (Å²) in [6.45, 7) is 2.13. The topological polar surface area (TPSA) is 12.9 Å². The Morgan fingerprint density at radius 3 is 1.93 bits per heavy atom. The molecule has 0 amide bonds. The second-order valence-electron chi connectivity index (χ2n) is 3.26. The van der Waals surface area contributed by atoms with Crippen LogP contribution in [0, 0.1) is 0 Å². The monoisotopic (exact) mass is 285 g/mol. The smallest absolute Gasteiger partial charge is 0.149 e. The lowest BCUT2D eigenvalue weighted by Crippen LogP contribution is -1.93. The van der Waals surface area contributed by atoms with Gasteiger partial charge in [-0.25, -0.2) is 4.98 Å². The van der Waals surface area contributed by atoms with Crippen LogP contribution in [0.5, 0.6) is 0 Å². The zero-order valence-electron chi connectivity index (χ0n) is 8.29. The van der Waals surface area contributed by atoms with Crippen LogP contribution < -0.4 is 0 Å². The molecule has 0 N–H and O–H groups in total. The van der Waals surface area contributed by atoms with Gasteiger partial charge in [-0.15, -0.1) is 0 Å². The predicted molar refractivity (Wildman–Crippen MR) is 67.5 cm³/mol. The number of rotatable bonds is 4. The first-order valence-electron chi connectivity index (χ1n) is 4.76. The molecule has 84 valence electrons. The third-order valence-corrected chi connectivity index (χ3v) is 3.67. The van der Waals surface area contributed by atoms with Gasteiger partial charge in [0, 0.05) is 0 Å². The Balaban J connectivity index is 2.94. The molecule has 0 saturated carbocycles. The van der Waals surface area contributed by atoms with Crippen LogP contribution in [0.2, 0.25) is 20.4 Å². The van der Waals surface area contributed by atoms with Crippen LogP contribution in [0.4, 0.5) is 0 Å². The summed E-state index contributed by atoms with van der Waals surface area (Å²) in [5.41, 5.74) is 0.803. The van der Waals surface area contributed by atoms with Crippen molar-refractivity contribution in [3.8, 4) is 0 Å². The highest BCUT2D eigenvalue weighted by Gasteiger charge is 2.14. The van der Waals surface area contributed by atoms with E-state index in [1.54, 1.807) is 0 Å². The summed E-state index contributed by atoms with van der Waals surface area (Å²) >= 11 is 23.7. The molecule has 0 unspecified atom stereocenters. The molecule has 0 aliphatic heterocycles. The van der Waals surface area contributed by atoms with Crippen molar-refractivity contribution in [2.24, 2.45) is 0 Å². The molecule has 0 spiro atoms. The number of hydrogen-bond acceptors (Lipinski definition) is 1. The van der Waals surface area contributed by atoms with Crippen molar-refractivity contribution in [1.82, 2.24) is 4.98 Å². The minimum atomic E-state index is 0.220. The maximum Gasteiger partial charge on any atom is 0.149 e. The maximum absolute atomic E-state index is 6.01. The van der Waals surface area contributed by atoms with Crippen LogP contribution in [0.1, 0.15) is 31.7 Å². The molecule has 1 aromatic rings. The first-order valence-corrected chi connectivity index (χ1v) is 6.28. The summed E-state index contributed by atoms with van der Waals surface area (Å²) in [5, 5.41) is 1.28. The quantitative estimate of drug-likeness (QED) is 0.531. The molecule has 15 heavy (non-hydrogen) atoms. The van der Waals surface area contributed by atoms with E-state index in [1.165, 1.54) is 0 Å². The fourth-order valence-corrected chi connectivity index (χ4v) is 2.25. The van der Waals surface area contributed by atoms with Crippen LogP contribution in [-0.2, 0) is 6.42 Å². The average Bonchev–Trinajstić information content (AvgIpc) is 2.20. The van der Waals surface area contributed by atoms with Gasteiger partial charge in [0.1, 0.15) is 10.3 Å². The van der Waals surface area contributed by atoms with Gasteiger partial charge >= 0.3 is 0 Å². The molecule has 1 heterocycles. The molecule has 5 heteroatoms. The van der Waals surface area contributed by atoms with E-state index < -0.39 is 0 Å². The highest BCUT2D eigenvalue weighted by molar-refractivity contribution is 6.46. The SMILES string of the molecule is CCCCCc1c(Cl)c(Cl)nc(Cl)c1Cl. The zero-order chi connectivity index (χ0) is 11.4. The summed E-state index contributed by atoms with van der Waals surface area (Å²) in [5.74, 6) is 0. The Hall–Kier alpha value is 0.310. The molecule has 1 rings (SSSR count). The van der Waals surface area contributed by atoms with E-state index in [9.17, 15) is 0 Å². The molecule has 0 bridgehead atoms. The first-order chi connectivity index (χ1) is 7.07. The van der Waals surface area contributed by atoms with Crippen molar-refractivity contribution < 1.29 is 0 Å². The van der Waals surface area contributed by atoms with E-state index in [4.69, 9.17) is 46.4 Å². The Kier molecular flexibility index (Phi) is 5.48. The van der Waals surface area contributed by atoms with Crippen molar-refractivity contribution in [3.05, 3.63) is 25.9 Å². The average molecular weight is 287 g/mol. The predicted octanol–water partition coefficient (Wildman–Crippen LogP) is 5.43. The molecule has 0 fully saturated rings. The molecule has 1 aromatic heterocycles. The van der Waals surface area contributed by atoms with Gasteiger partial charge in [-0.1, -0.05) is 66.2 Å². The van der Waals surface area contributed by atoms with Crippen LogP contribution in [-0.4, -0.2) is 4.98 Å². The van der Waals surface area contributed by atoms with Gasteiger partial charge in [0.05, 0.1) is 10.0 Å². The highest BCUT2D eigenvalue weighted by Crippen LogP contribution is 2.35. The lowest BCUT2D eigenvalue weighted by Gasteiger charge is -2.08. The Labute approximate surface area is 110 Å². The highest BCUT2D eigenvalue weighted by atomic mass is 35.5. The van der Waals surface area contributed by atoms with E-state index in [0.717, 1.165) is 31.2 Å². The van der Waals surface area contributed by atoms with Gasteiger partial charge in [-0.2, -0.15) is 0 Å². The van der Waals surface area contributed by atoms with Crippen molar-refractivity contribution in [3.63, 3.8) is 0 Å². The molecule has 0 aromatic carbocycles. The van der Waals surface area contributed by atoms with E-state index in [2.05, 4.69) is 11.9 Å². The molecule has 0 radical (unpaired) electrons. The summed E-state index contributed by atoms with van der Waals surface area (Å²) in [6.07, 6.45) is 4.08. The number of pyridine rings is 1. The number of hydrogen-bond donors (Lipinski definition) is 0. The van der Waals surface area contributed by atoms with Gasteiger partial charge in [-0.05, 0) is 18.4 Å². The Morgan fingerprint density at radius 1 is 0.933 bits per heavy atom. The van der Waals surface area contributed by atoms with Crippen molar-refractivity contribution in [1.29, 1.82) is 0 Å². The van der Waals surface area contributed by atoms with Gasteiger partial charge in [-0.3, -0.25) is 0 Å². The summed E-state index contributed by atoms with van der Waals surface area (Å²) in [6, 6.07) is 0. The molecular formula is C10H11Cl4N.